The lowest BCUT2D eigenvalue weighted by molar-refractivity contribution is 0.778. The standard InChI is InChI=1S/C18H16N2O/c1-14(15-8-3-2-4-9-15)16-10-7-12-18(21)20(16)17-11-5-6-13-19-17/h2-14H,1H3. The SMILES string of the molecule is CC(c1ccccc1)c1cccc(=O)n1-c1ccccn1. The Kier molecular flexibility index (Phi) is 3.65. The van der Waals surface area contributed by atoms with Crippen molar-refractivity contribution >= 4 is 0 Å². The Labute approximate surface area is 123 Å². The van der Waals surface area contributed by atoms with Gasteiger partial charge < -0.3 is 0 Å². The van der Waals surface area contributed by atoms with Crippen LogP contribution >= 0.6 is 0 Å². The summed E-state index contributed by atoms with van der Waals surface area (Å²) in [4.78, 5) is 16.6. The van der Waals surface area contributed by atoms with Crippen molar-refractivity contribution < 1.29 is 0 Å². The molecule has 0 aliphatic rings. The summed E-state index contributed by atoms with van der Waals surface area (Å²) in [5.41, 5.74) is 2.05. The second-order valence-corrected chi connectivity index (χ2v) is 4.94. The first-order valence-corrected chi connectivity index (χ1v) is 6.95. The van der Waals surface area contributed by atoms with Crippen LogP contribution in [-0.4, -0.2) is 9.55 Å². The number of nitrogens with zero attached hydrogens (tertiary/aromatic N) is 2. The van der Waals surface area contributed by atoms with Crippen LogP contribution < -0.4 is 5.56 Å². The minimum Gasteiger partial charge on any atom is -0.269 e. The monoisotopic (exact) mass is 276 g/mol. The van der Waals surface area contributed by atoms with Gasteiger partial charge in [0.25, 0.3) is 5.56 Å². The van der Waals surface area contributed by atoms with Crippen molar-refractivity contribution in [1.29, 1.82) is 0 Å². The average molecular weight is 276 g/mol. The van der Waals surface area contributed by atoms with E-state index < -0.39 is 0 Å². The first-order chi connectivity index (χ1) is 10.3. The highest BCUT2D eigenvalue weighted by molar-refractivity contribution is 5.33. The van der Waals surface area contributed by atoms with E-state index in [0.717, 1.165) is 5.69 Å². The largest absolute Gasteiger partial charge is 0.269 e. The Balaban J connectivity index is 2.16. The normalized spacial score (nSPS) is 12.0. The van der Waals surface area contributed by atoms with Crippen molar-refractivity contribution in [3.8, 4) is 5.82 Å². The number of aromatic nitrogens is 2. The van der Waals surface area contributed by atoms with Gasteiger partial charge in [0.15, 0.2) is 0 Å². The van der Waals surface area contributed by atoms with E-state index in [4.69, 9.17) is 0 Å². The molecule has 3 nitrogen and oxygen atoms in total. The molecule has 1 aromatic carbocycles. The number of hydrogen-bond acceptors (Lipinski definition) is 2. The smallest absolute Gasteiger partial charge is 0.256 e. The predicted octanol–water partition coefficient (Wildman–Crippen LogP) is 3.38. The molecule has 0 aliphatic heterocycles. The Morgan fingerprint density at radius 1 is 0.905 bits per heavy atom. The van der Waals surface area contributed by atoms with Crippen molar-refractivity contribution in [3.63, 3.8) is 0 Å². The van der Waals surface area contributed by atoms with E-state index >= 15 is 0 Å². The molecule has 0 saturated carbocycles. The fraction of sp³-hybridized carbons (Fsp3) is 0.111. The van der Waals surface area contributed by atoms with Crippen LogP contribution in [0.5, 0.6) is 0 Å². The van der Waals surface area contributed by atoms with E-state index in [1.54, 1.807) is 22.9 Å². The third kappa shape index (κ3) is 2.63. The number of benzene rings is 1. The maximum atomic E-state index is 12.3. The number of pyridine rings is 2. The summed E-state index contributed by atoms with van der Waals surface area (Å²) in [5, 5.41) is 0. The van der Waals surface area contributed by atoms with Gasteiger partial charge in [-0.3, -0.25) is 9.36 Å². The maximum Gasteiger partial charge on any atom is 0.256 e. The van der Waals surface area contributed by atoms with E-state index in [-0.39, 0.29) is 11.5 Å². The zero-order valence-electron chi connectivity index (χ0n) is 11.8. The van der Waals surface area contributed by atoms with Crippen LogP contribution in [0.1, 0.15) is 24.1 Å². The van der Waals surface area contributed by atoms with Gasteiger partial charge in [-0.05, 0) is 23.8 Å². The molecule has 0 aliphatic carbocycles. The molecule has 0 N–H and O–H groups in total. The summed E-state index contributed by atoms with van der Waals surface area (Å²) >= 11 is 0. The fourth-order valence-electron chi connectivity index (χ4n) is 2.49. The molecular weight excluding hydrogens is 260 g/mol. The predicted molar refractivity (Wildman–Crippen MR) is 83.8 cm³/mol. The molecule has 2 aromatic heterocycles. The van der Waals surface area contributed by atoms with Crippen LogP contribution in [0.15, 0.2) is 77.7 Å². The first-order valence-electron chi connectivity index (χ1n) is 6.95. The molecule has 21 heavy (non-hydrogen) atoms. The van der Waals surface area contributed by atoms with Crippen LogP contribution in [0.3, 0.4) is 0 Å². The molecule has 0 amide bonds. The lowest BCUT2D eigenvalue weighted by atomic mass is 9.97. The summed E-state index contributed by atoms with van der Waals surface area (Å²) in [7, 11) is 0. The highest BCUT2D eigenvalue weighted by Gasteiger charge is 2.14. The maximum absolute atomic E-state index is 12.3. The zero-order chi connectivity index (χ0) is 14.7. The van der Waals surface area contributed by atoms with E-state index in [1.807, 2.05) is 42.5 Å². The summed E-state index contributed by atoms with van der Waals surface area (Å²) in [6.07, 6.45) is 1.70. The molecule has 0 bridgehead atoms. The summed E-state index contributed by atoms with van der Waals surface area (Å²) in [5.74, 6) is 0.767. The highest BCUT2D eigenvalue weighted by Crippen LogP contribution is 2.24. The highest BCUT2D eigenvalue weighted by atomic mass is 16.1. The van der Waals surface area contributed by atoms with Crippen molar-refractivity contribution in [2.45, 2.75) is 12.8 Å². The topological polar surface area (TPSA) is 34.9 Å². The van der Waals surface area contributed by atoms with E-state index in [0.29, 0.717) is 5.82 Å². The van der Waals surface area contributed by atoms with E-state index in [1.165, 1.54) is 5.56 Å². The van der Waals surface area contributed by atoms with Gasteiger partial charge in [0.2, 0.25) is 0 Å². The van der Waals surface area contributed by atoms with Crippen LogP contribution in [0.25, 0.3) is 5.82 Å². The van der Waals surface area contributed by atoms with Crippen molar-refractivity contribution in [2.24, 2.45) is 0 Å². The molecule has 3 aromatic rings. The van der Waals surface area contributed by atoms with Gasteiger partial charge in [-0.2, -0.15) is 0 Å². The Morgan fingerprint density at radius 3 is 2.38 bits per heavy atom. The van der Waals surface area contributed by atoms with Crippen LogP contribution in [0, 0.1) is 0 Å². The molecule has 0 saturated heterocycles. The third-order valence-corrected chi connectivity index (χ3v) is 3.61. The van der Waals surface area contributed by atoms with Crippen molar-refractivity contribution in [3.05, 3.63) is 94.5 Å². The summed E-state index contributed by atoms with van der Waals surface area (Å²) < 4.78 is 1.68. The first kappa shape index (κ1) is 13.3. The molecule has 1 unspecified atom stereocenters. The second-order valence-electron chi connectivity index (χ2n) is 4.94. The van der Waals surface area contributed by atoms with Gasteiger partial charge >= 0.3 is 0 Å². The minimum absolute atomic E-state index is 0.0611. The molecule has 3 rings (SSSR count). The Morgan fingerprint density at radius 2 is 1.67 bits per heavy atom. The summed E-state index contributed by atoms with van der Waals surface area (Å²) in [6.45, 7) is 2.10. The average Bonchev–Trinajstić information content (AvgIpc) is 2.55. The van der Waals surface area contributed by atoms with Gasteiger partial charge in [0.1, 0.15) is 5.82 Å². The van der Waals surface area contributed by atoms with Gasteiger partial charge in [-0.25, -0.2) is 4.98 Å². The van der Waals surface area contributed by atoms with E-state index in [9.17, 15) is 4.79 Å². The second kappa shape index (κ2) is 5.75. The van der Waals surface area contributed by atoms with Crippen LogP contribution in [-0.2, 0) is 0 Å². The molecule has 0 spiro atoms. The van der Waals surface area contributed by atoms with Crippen molar-refractivity contribution in [2.75, 3.05) is 0 Å². The fourth-order valence-corrected chi connectivity index (χ4v) is 2.49. The van der Waals surface area contributed by atoms with Crippen molar-refractivity contribution in [1.82, 2.24) is 9.55 Å². The molecule has 1 atom stereocenters. The van der Waals surface area contributed by atoms with Gasteiger partial charge in [-0.1, -0.05) is 49.4 Å². The summed E-state index contributed by atoms with van der Waals surface area (Å²) in [6, 6.07) is 21.1. The molecule has 104 valence electrons. The third-order valence-electron chi connectivity index (χ3n) is 3.61. The molecular formula is C18H16N2O. The molecule has 2 heterocycles. The van der Waals surface area contributed by atoms with Gasteiger partial charge in [-0.15, -0.1) is 0 Å². The van der Waals surface area contributed by atoms with E-state index in [2.05, 4.69) is 24.0 Å². The minimum atomic E-state index is -0.0611. The lowest BCUT2D eigenvalue weighted by Crippen LogP contribution is -2.23. The zero-order valence-corrected chi connectivity index (χ0v) is 11.8. The molecule has 0 fully saturated rings. The molecule has 3 heteroatoms. The van der Waals surface area contributed by atoms with Gasteiger partial charge in [0.05, 0.1) is 0 Å². The Hall–Kier alpha value is -2.68. The number of hydrogen-bond donors (Lipinski definition) is 0. The van der Waals surface area contributed by atoms with Gasteiger partial charge in [0, 0.05) is 23.9 Å². The van der Waals surface area contributed by atoms with Crippen LogP contribution in [0.4, 0.5) is 0 Å². The quantitative estimate of drug-likeness (QED) is 0.735. The Bertz CT molecular complexity index is 779. The lowest BCUT2D eigenvalue weighted by Gasteiger charge is -2.18. The van der Waals surface area contributed by atoms with Crippen LogP contribution in [0.2, 0.25) is 0 Å². The molecule has 0 radical (unpaired) electrons. The number of rotatable bonds is 3.